The monoisotopic (exact) mass is 243 g/mol. The van der Waals surface area contributed by atoms with Gasteiger partial charge in [-0.05, 0) is 12.1 Å². The third-order valence-electron chi connectivity index (χ3n) is 2.46. The van der Waals surface area contributed by atoms with E-state index in [1.54, 1.807) is 10.9 Å². The summed E-state index contributed by atoms with van der Waals surface area (Å²) >= 11 is 0. The largest absolute Gasteiger partial charge is 0.492 e. The molecule has 0 saturated carbocycles. The van der Waals surface area contributed by atoms with E-state index in [0.29, 0.717) is 6.61 Å². The summed E-state index contributed by atoms with van der Waals surface area (Å²) in [6, 6.07) is 9.81. The van der Waals surface area contributed by atoms with Crippen molar-refractivity contribution >= 4 is 6.20 Å². The normalized spacial score (nSPS) is 10.2. The molecular formula is C14H17N3O. The Morgan fingerprint density at radius 1 is 1.33 bits per heavy atom. The SMILES string of the molecule is C=Cn1cc(CNCCOc2ccccc2)cn1. The number of ether oxygens (including phenoxy) is 1. The second kappa shape index (κ2) is 6.61. The number of hydrogen-bond acceptors (Lipinski definition) is 3. The molecule has 2 aromatic rings. The zero-order chi connectivity index (χ0) is 12.6. The van der Waals surface area contributed by atoms with Gasteiger partial charge in [0, 0.05) is 31.0 Å². The summed E-state index contributed by atoms with van der Waals surface area (Å²) in [5.41, 5.74) is 1.13. The Labute approximate surface area is 107 Å². The third-order valence-corrected chi connectivity index (χ3v) is 2.46. The molecule has 0 amide bonds. The van der Waals surface area contributed by atoms with Crippen LogP contribution in [0.5, 0.6) is 5.75 Å². The third kappa shape index (κ3) is 3.75. The Bertz CT molecular complexity index is 479. The number of para-hydroxylation sites is 1. The van der Waals surface area contributed by atoms with Crippen molar-refractivity contribution < 1.29 is 4.74 Å². The molecule has 1 N–H and O–H groups in total. The highest BCUT2D eigenvalue weighted by atomic mass is 16.5. The predicted molar refractivity (Wildman–Crippen MR) is 72.3 cm³/mol. The molecule has 1 aromatic heterocycles. The van der Waals surface area contributed by atoms with Crippen LogP contribution in [0.25, 0.3) is 6.20 Å². The van der Waals surface area contributed by atoms with Gasteiger partial charge < -0.3 is 10.1 Å². The first-order chi connectivity index (χ1) is 8.88. The number of aromatic nitrogens is 2. The van der Waals surface area contributed by atoms with E-state index in [0.717, 1.165) is 24.4 Å². The number of nitrogens with one attached hydrogen (secondary N) is 1. The lowest BCUT2D eigenvalue weighted by molar-refractivity contribution is 0.313. The van der Waals surface area contributed by atoms with E-state index in [-0.39, 0.29) is 0 Å². The van der Waals surface area contributed by atoms with Gasteiger partial charge in [-0.1, -0.05) is 24.8 Å². The van der Waals surface area contributed by atoms with Crippen LogP contribution in [0.3, 0.4) is 0 Å². The molecule has 1 aromatic carbocycles. The molecule has 4 nitrogen and oxygen atoms in total. The number of benzene rings is 1. The van der Waals surface area contributed by atoms with Crippen LogP contribution in [0.15, 0.2) is 49.3 Å². The van der Waals surface area contributed by atoms with Gasteiger partial charge in [0.1, 0.15) is 12.4 Å². The average molecular weight is 243 g/mol. The molecule has 0 aliphatic heterocycles. The van der Waals surface area contributed by atoms with Crippen molar-refractivity contribution in [3.8, 4) is 5.75 Å². The smallest absolute Gasteiger partial charge is 0.119 e. The Kier molecular flexibility index (Phi) is 4.55. The van der Waals surface area contributed by atoms with Crippen molar-refractivity contribution in [2.75, 3.05) is 13.2 Å². The van der Waals surface area contributed by atoms with Gasteiger partial charge in [0.25, 0.3) is 0 Å². The molecule has 0 aliphatic carbocycles. The zero-order valence-electron chi connectivity index (χ0n) is 10.2. The van der Waals surface area contributed by atoms with E-state index in [4.69, 9.17) is 4.74 Å². The van der Waals surface area contributed by atoms with Crippen molar-refractivity contribution in [3.63, 3.8) is 0 Å². The van der Waals surface area contributed by atoms with E-state index in [2.05, 4.69) is 17.0 Å². The van der Waals surface area contributed by atoms with Crippen LogP contribution < -0.4 is 10.1 Å². The molecule has 0 spiro atoms. The predicted octanol–water partition coefficient (Wildman–Crippen LogP) is 2.15. The van der Waals surface area contributed by atoms with Crippen LogP contribution in [0.2, 0.25) is 0 Å². The standard InChI is InChI=1S/C14H17N3O/c1-2-17-12-13(11-16-17)10-15-8-9-18-14-6-4-3-5-7-14/h2-7,11-12,15H,1,8-10H2. The van der Waals surface area contributed by atoms with Crippen LogP contribution in [0, 0.1) is 0 Å². The molecule has 0 fully saturated rings. The Morgan fingerprint density at radius 2 is 2.17 bits per heavy atom. The molecule has 0 aliphatic rings. The molecule has 0 bridgehead atoms. The maximum Gasteiger partial charge on any atom is 0.119 e. The minimum absolute atomic E-state index is 0.652. The fraction of sp³-hybridized carbons (Fsp3) is 0.214. The van der Waals surface area contributed by atoms with Gasteiger partial charge >= 0.3 is 0 Å². The van der Waals surface area contributed by atoms with Crippen molar-refractivity contribution in [1.29, 1.82) is 0 Å². The lowest BCUT2D eigenvalue weighted by Crippen LogP contribution is -2.20. The quantitative estimate of drug-likeness (QED) is 0.757. The summed E-state index contributed by atoms with van der Waals surface area (Å²) in [5.74, 6) is 0.902. The molecule has 0 radical (unpaired) electrons. The maximum absolute atomic E-state index is 5.57. The van der Waals surface area contributed by atoms with E-state index >= 15 is 0 Å². The lowest BCUT2D eigenvalue weighted by Gasteiger charge is -2.06. The first-order valence-electron chi connectivity index (χ1n) is 5.92. The van der Waals surface area contributed by atoms with E-state index in [9.17, 15) is 0 Å². The molecule has 18 heavy (non-hydrogen) atoms. The van der Waals surface area contributed by atoms with E-state index in [1.165, 1.54) is 0 Å². The Morgan fingerprint density at radius 3 is 2.89 bits per heavy atom. The molecule has 1 heterocycles. The highest BCUT2D eigenvalue weighted by Gasteiger charge is 1.96. The Balaban J connectivity index is 1.63. The average Bonchev–Trinajstić information content (AvgIpc) is 2.87. The van der Waals surface area contributed by atoms with E-state index in [1.807, 2.05) is 42.7 Å². The highest BCUT2D eigenvalue weighted by Crippen LogP contribution is 2.07. The fourth-order valence-electron chi connectivity index (χ4n) is 1.56. The molecule has 0 unspecified atom stereocenters. The number of nitrogens with zero attached hydrogens (tertiary/aromatic N) is 2. The first-order valence-corrected chi connectivity index (χ1v) is 5.92. The minimum atomic E-state index is 0.652. The highest BCUT2D eigenvalue weighted by molar-refractivity contribution is 5.21. The second-order valence-electron chi connectivity index (χ2n) is 3.85. The van der Waals surface area contributed by atoms with Gasteiger partial charge in [-0.15, -0.1) is 0 Å². The van der Waals surface area contributed by atoms with Crippen LogP contribution in [-0.4, -0.2) is 22.9 Å². The summed E-state index contributed by atoms with van der Waals surface area (Å²) in [4.78, 5) is 0. The van der Waals surface area contributed by atoms with Crippen molar-refractivity contribution in [2.45, 2.75) is 6.54 Å². The van der Waals surface area contributed by atoms with Crippen molar-refractivity contribution in [1.82, 2.24) is 15.1 Å². The molecule has 0 atom stereocenters. The van der Waals surface area contributed by atoms with Gasteiger partial charge in [0.2, 0.25) is 0 Å². The molecule has 2 rings (SSSR count). The summed E-state index contributed by atoms with van der Waals surface area (Å²) in [6.07, 6.45) is 5.44. The summed E-state index contributed by atoms with van der Waals surface area (Å²) < 4.78 is 7.26. The Hall–Kier alpha value is -2.07. The van der Waals surface area contributed by atoms with Crippen molar-refractivity contribution in [2.24, 2.45) is 0 Å². The van der Waals surface area contributed by atoms with Crippen molar-refractivity contribution in [3.05, 3.63) is 54.9 Å². The van der Waals surface area contributed by atoms with Gasteiger partial charge in [0.05, 0.1) is 6.20 Å². The van der Waals surface area contributed by atoms with Gasteiger partial charge in [-0.25, -0.2) is 4.68 Å². The summed E-state index contributed by atoms with van der Waals surface area (Å²) in [7, 11) is 0. The first kappa shape index (κ1) is 12.4. The van der Waals surface area contributed by atoms with Crippen LogP contribution in [0.4, 0.5) is 0 Å². The topological polar surface area (TPSA) is 39.1 Å². The minimum Gasteiger partial charge on any atom is -0.492 e. The number of rotatable bonds is 7. The fourth-order valence-corrected chi connectivity index (χ4v) is 1.56. The molecule has 0 saturated heterocycles. The molecule has 94 valence electrons. The zero-order valence-corrected chi connectivity index (χ0v) is 10.2. The van der Waals surface area contributed by atoms with Crippen LogP contribution >= 0.6 is 0 Å². The van der Waals surface area contributed by atoms with Gasteiger partial charge in [-0.2, -0.15) is 5.10 Å². The number of hydrogen-bond donors (Lipinski definition) is 1. The van der Waals surface area contributed by atoms with Gasteiger partial charge in [0.15, 0.2) is 0 Å². The molecule has 4 heteroatoms. The lowest BCUT2D eigenvalue weighted by atomic mass is 10.3. The maximum atomic E-state index is 5.57. The van der Waals surface area contributed by atoms with Crippen LogP contribution in [-0.2, 0) is 6.54 Å². The summed E-state index contributed by atoms with van der Waals surface area (Å²) in [5, 5.41) is 7.41. The van der Waals surface area contributed by atoms with Gasteiger partial charge in [-0.3, -0.25) is 0 Å². The second-order valence-corrected chi connectivity index (χ2v) is 3.85. The molecular weight excluding hydrogens is 226 g/mol. The summed E-state index contributed by atoms with van der Waals surface area (Å²) in [6.45, 7) is 5.88. The van der Waals surface area contributed by atoms with Crippen LogP contribution in [0.1, 0.15) is 5.56 Å². The van der Waals surface area contributed by atoms with E-state index < -0.39 is 0 Å².